The number of fused-ring (bicyclic) bond motifs is 1. The normalized spacial score (nSPS) is 17.2. The maximum atomic E-state index is 12.6. The second kappa shape index (κ2) is 7.82. The van der Waals surface area contributed by atoms with Gasteiger partial charge in [-0.25, -0.2) is 9.78 Å². The molecule has 5 heteroatoms. The molecule has 2 N–H and O–H groups in total. The first-order valence-corrected chi connectivity index (χ1v) is 9.72. The summed E-state index contributed by atoms with van der Waals surface area (Å²) in [6.07, 6.45) is 2.90. The Morgan fingerprint density at radius 1 is 1.22 bits per heavy atom. The van der Waals surface area contributed by atoms with Crippen molar-refractivity contribution in [1.29, 1.82) is 0 Å². The van der Waals surface area contributed by atoms with Crippen molar-refractivity contribution in [3.8, 4) is 0 Å². The van der Waals surface area contributed by atoms with Crippen LogP contribution in [0.2, 0.25) is 0 Å². The lowest BCUT2D eigenvalue weighted by Gasteiger charge is -2.33. The number of rotatable bonds is 4. The number of aromatic amines is 1. The molecule has 5 nitrogen and oxygen atoms in total. The molecule has 4 rings (SSSR count). The fourth-order valence-electron chi connectivity index (χ4n) is 3.90. The minimum atomic E-state index is 0.0305. The molecule has 140 valence electrons. The van der Waals surface area contributed by atoms with Gasteiger partial charge in [0, 0.05) is 32.0 Å². The molecule has 3 aromatic rings. The lowest BCUT2D eigenvalue weighted by atomic mass is 9.91. The number of aromatic nitrogens is 2. The van der Waals surface area contributed by atoms with E-state index >= 15 is 0 Å². The fraction of sp³-hybridized carbons (Fsp3) is 0.364. The van der Waals surface area contributed by atoms with E-state index in [-0.39, 0.29) is 6.03 Å². The van der Waals surface area contributed by atoms with Gasteiger partial charge in [-0.2, -0.15) is 0 Å². The zero-order valence-corrected chi connectivity index (χ0v) is 15.7. The molecule has 0 saturated carbocycles. The Labute approximate surface area is 159 Å². The molecule has 27 heavy (non-hydrogen) atoms. The summed E-state index contributed by atoms with van der Waals surface area (Å²) in [6.45, 7) is 4.27. The van der Waals surface area contributed by atoms with Crippen molar-refractivity contribution in [3.05, 3.63) is 65.5 Å². The number of nitrogens with one attached hydrogen (secondary N) is 2. The predicted octanol–water partition coefficient (Wildman–Crippen LogP) is 4.00. The third-order valence-electron chi connectivity index (χ3n) is 5.38. The lowest BCUT2D eigenvalue weighted by molar-refractivity contribution is 0.179. The summed E-state index contributed by atoms with van der Waals surface area (Å²) < 4.78 is 0. The van der Waals surface area contributed by atoms with Crippen molar-refractivity contribution in [1.82, 2.24) is 20.2 Å². The van der Waals surface area contributed by atoms with Crippen LogP contribution >= 0.6 is 0 Å². The summed E-state index contributed by atoms with van der Waals surface area (Å²) in [6, 6.07) is 16.7. The van der Waals surface area contributed by atoms with E-state index in [2.05, 4.69) is 52.5 Å². The first kappa shape index (κ1) is 17.6. The minimum absolute atomic E-state index is 0.0305. The number of urea groups is 1. The molecule has 1 saturated heterocycles. The Morgan fingerprint density at radius 3 is 2.89 bits per heavy atom. The zero-order valence-electron chi connectivity index (χ0n) is 15.7. The molecule has 2 amide bonds. The van der Waals surface area contributed by atoms with Gasteiger partial charge in [0.15, 0.2) is 0 Å². The average Bonchev–Trinajstić information content (AvgIpc) is 3.13. The van der Waals surface area contributed by atoms with E-state index in [9.17, 15) is 4.79 Å². The molecule has 2 heterocycles. The Hall–Kier alpha value is -2.82. The summed E-state index contributed by atoms with van der Waals surface area (Å²) in [5.74, 6) is 1.35. The molecule has 2 aromatic carbocycles. The summed E-state index contributed by atoms with van der Waals surface area (Å²) in [7, 11) is 0. The number of para-hydroxylation sites is 1. The molecular formula is C22H26N4O. The molecule has 0 spiro atoms. The predicted molar refractivity (Wildman–Crippen MR) is 108 cm³/mol. The Bertz CT molecular complexity index is 918. The van der Waals surface area contributed by atoms with Crippen LogP contribution in [0.5, 0.6) is 0 Å². The second-order valence-corrected chi connectivity index (χ2v) is 7.33. The van der Waals surface area contributed by atoms with Crippen molar-refractivity contribution in [2.45, 2.75) is 32.1 Å². The number of amides is 2. The van der Waals surface area contributed by atoms with Gasteiger partial charge in [0.05, 0.1) is 11.0 Å². The summed E-state index contributed by atoms with van der Waals surface area (Å²) in [5, 5.41) is 3.06. The number of H-pyrrole nitrogens is 1. The van der Waals surface area contributed by atoms with Crippen LogP contribution in [0.15, 0.2) is 48.5 Å². The van der Waals surface area contributed by atoms with Crippen LogP contribution in [0, 0.1) is 6.92 Å². The highest BCUT2D eigenvalue weighted by Gasteiger charge is 2.24. The first-order chi connectivity index (χ1) is 13.2. The quantitative estimate of drug-likeness (QED) is 0.737. The number of imidazole rings is 1. The largest absolute Gasteiger partial charge is 0.342 e. The lowest BCUT2D eigenvalue weighted by Crippen LogP contribution is -2.45. The van der Waals surface area contributed by atoms with Crippen LogP contribution in [-0.4, -0.2) is 40.5 Å². The van der Waals surface area contributed by atoms with Crippen molar-refractivity contribution in [2.24, 2.45) is 0 Å². The van der Waals surface area contributed by atoms with Crippen LogP contribution in [0.3, 0.4) is 0 Å². The van der Waals surface area contributed by atoms with Crippen molar-refractivity contribution >= 4 is 17.1 Å². The smallest absolute Gasteiger partial charge is 0.317 e. The van der Waals surface area contributed by atoms with Crippen LogP contribution in [0.1, 0.15) is 35.7 Å². The SMILES string of the molecule is Cc1cccc2[nH]c(CCNC(=O)N3CCC[C@H](c4ccccc4)C3)nc12. The van der Waals surface area contributed by atoms with Crippen molar-refractivity contribution in [3.63, 3.8) is 0 Å². The van der Waals surface area contributed by atoms with Gasteiger partial charge < -0.3 is 15.2 Å². The zero-order chi connectivity index (χ0) is 18.6. The fourth-order valence-corrected chi connectivity index (χ4v) is 3.90. The van der Waals surface area contributed by atoms with E-state index in [4.69, 9.17) is 0 Å². The summed E-state index contributed by atoms with van der Waals surface area (Å²) in [4.78, 5) is 22.5. The Morgan fingerprint density at radius 2 is 2.07 bits per heavy atom. The molecule has 1 aromatic heterocycles. The monoisotopic (exact) mass is 362 g/mol. The molecule has 1 aliphatic heterocycles. The first-order valence-electron chi connectivity index (χ1n) is 9.72. The number of nitrogens with zero attached hydrogens (tertiary/aromatic N) is 2. The van der Waals surface area contributed by atoms with Gasteiger partial charge in [0.25, 0.3) is 0 Å². The van der Waals surface area contributed by atoms with Gasteiger partial charge in [-0.05, 0) is 37.0 Å². The molecule has 0 bridgehead atoms. The third kappa shape index (κ3) is 3.97. The van der Waals surface area contributed by atoms with Crippen LogP contribution < -0.4 is 5.32 Å². The van der Waals surface area contributed by atoms with E-state index in [1.807, 2.05) is 23.1 Å². The van der Waals surface area contributed by atoms with E-state index in [1.165, 1.54) is 11.1 Å². The number of carbonyl (C=O) groups is 1. The van der Waals surface area contributed by atoms with Crippen LogP contribution in [0.4, 0.5) is 4.79 Å². The van der Waals surface area contributed by atoms with E-state index < -0.39 is 0 Å². The minimum Gasteiger partial charge on any atom is -0.342 e. The van der Waals surface area contributed by atoms with E-state index in [0.717, 1.165) is 42.8 Å². The molecule has 1 atom stereocenters. The van der Waals surface area contributed by atoms with Crippen LogP contribution in [0.25, 0.3) is 11.0 Å². The molecule has 0 radical (unpaired) electrons. The highest BCUT2D eigenvalue weighted by molar-refractivity contribution is 5.78. The van der Waals surface area contributed by atoms with Gasteiger partial charge in [-0.3, -0.25) is 0 Å². The van der Waals surface area contributed by atoms with Gasteiger partial charge >= 0.3 is 6.03 Å². The maximum Gasteiger partial charge on any atom is 0.317 e. The molecule has 1 aliphatic rings. The number of benzene rings is 2. The summed E-state index contributed by atoms with van der Waals surface area (Å²) in [5.41, 5.74) is 4.56. The Balaban J connectivity index is 1.31. The topological polar surface area (TPSA) is 61.0 Å². The van der Waals surface area contributed by atoms with Gasteiger partial charge in [-0.1, -0.05) is 42.5 Å². The second-order valence-electron chi connectivity index (χ2n) is 7.33. The van der Waals surface area contributed by atoms with Gasteiger partial charge in [0.2, 0.25) is 0 Å². The number of aryl methyl sites for hydroxylation is 1. The van der Waals surface area contributed by atoms with E-state index in [1.54, 1.807) is 0 Å². The number of piperidine rings is 1. The number of hydrogen-bond acceptors (Lipinski definition) is 2. The third-order valence-corrected chi connectivity index (χ3v) is 5.38. The maximum absolute atomic E-state index is 12.6. The van der Waals surface area contributed by atoms with E-state index in [0.29, 0.717) is 18.9 Å². The summed E-state index contributed by atoms with van der Waals surface area (Å²) >= 11 is 0. The molecule has 0 unspecified atom stereocenters. The number of hydrogen-bond donors (Lipinski definition) is 2. The number of carbonyl (C=O) groups excluding carboxylic acids is 1. The molecule has 0 aliphatic carbocycles. The molecule has 1 fully saturated rings. The van der Waals surface area contributed by atoms with Crippen LogP contribution in [-0.2, 0) is 6.42 Å². The van der Waals surface area contributed by atoms with Crippen molar-refractivity contribution < 1.29 is 4.79 Å². The Kier molecular flexibility index (Phi) is 5.10. The highest BCUT2D eigenvalue weighted by atomic mass is 16.2. The van der Waals surface area contributed by atoms with Crippen molar-refractivity contribution in [2.75, 3.05) is 19.6 Å². The van der Waals surface area contributed by atoms with Gasteiger partial charge in [0.1, 0.15) is 5.82 Å². The highest BCUT2D eigenvalue weighted by Crippen LogP contribution is 2.26. The van der Waals surface area contributed by atoms with Gasteiger partial charge in [-0.15, -0.1) is 0 Å². The number of likely N-dealkylation sites (tertiary alicyclic amines) is 1. The molecular weight excluding hydrogens is 336 g/mol. The standard InChI is InChI=1S/C22H26N4O/c1-16-7-5-11-19-21(16)25-20(24-19)12-13-23-22(27)26-14-6-10-18(15-26)17-8-3-2-4-9-17/h2-5,7-9,11,18H,6,10,12-15H2,1H3,(H,23,27)(H,24,25)/t18-/m0/s1. The average molecular weight is 362 g/mol.